The Kier molecular flexibility index (Phi) is 4.57. The molecule has 0 spiro atoms. The summed E-state index contributed by atoms with van der Waals surface area (Å²) in [6.45, 7) is 2.69. The monoisotopic (exact) mass is 252 g/mol. The van der Waals surface area contributed by atoms with Crippen LogP contribution in [0, 0.1) is 0 Å². The Balaban J connectivity index is 2.01. The van der Waals surface area contributed by atoms with Crippen molar-refractivity contribution in [1.82, 2.24) is 10.2 Å². The fourth-order valence-electron chi connectivity index (χ4n) is 2.21. The van der Waals surface area contributed by atoms with Crippen molar-refractivity contribution in [2.45, 2.75) is 32.2 Å². The zero-order chi connectivity index (χ0) is 12.1. The van der Waals surface area contributed by atoms with E-state index in [0.29, 0.717) is 0 Å². The van der Waals surface area contributed by atoms with E-state index < -0.39 is 0 Å². The molecule has 0 saturated carbocycles. The minimum Gasteiger partial charge on any atom is -0.338 e. The van der Waals surface area contributed by atoms with Crippen LogP contribution < -0.4 is 5.32 Å². The highest BCUT2D eigenvalue weighted by Gasteiger charge is 2.18. The van der Waals surface area contributed by atoms with Crippen molar-refractivity contribution in [1.29, 1.82) is 0 Å². The van der Waals surface area contributed by atoms with Crippen LogP contribution in [0.15, 0.2) is 11.4 Å². The van der Waals surface area contributed by atoms with Crippen LogP contribution in [0.1, 0.15) is 40.9 Å². The molecule has 1 aliphatic heterocycles. The third kappa shape index (κ3) is 3.30. The highest BCUT2D eigenvalue weighted by atomic mass is 32.1. The van der Waals surface area contributed by atoms with E-state index in [9.17, 15) is 4.79 Å². The molecule has 3 nitrogen and oxygen atoms in total. The number of thiophene rings is 1. The van der Waals surface area contributed by atoms with E-state index in [2.05, 4.69) is 10.7 Å². The van der Waals surface area contributed by atoms with Gasteiger partial charge in [-0.05, 0) is 36.9 Å². The van der Waals surface area contributed by atoms with Crippen molar-refractivity contribution in [3.05, 3.63) is 21.9 Å². The average molecular weight is 252 g/mol. The molecule has 0 bridgehead atoms. The van der Waals surface area contributed by atoms with Gasteiger partial charge in [-0.2, -0.15) is 0 Å². The van der Waals surface area contributed by atoms with Gasteiger partial charge in [0.1, 0.15) is 0 Å². The molecule has 2 rings (SSSR count). The van der Waals surface area contributed by atoms with E-state index in [0.717, 1.165) is 37.4 Å². The van der Waals surface area contributed by atoms with E-state index in [1.54, 1.807) is 11.3 Å². The maximum atomic E-state index is 12.3. The first-order chi connectivity index (χ1) is 8.31. The van der Waals surface area contributed by atoms with Crippen molar-refractivity contribution >= 4 is 17.2 Å². The lowest BCUT2D eigenvalue weighted by Crippen LogP contribution is -2.31. The number of carbonyl (C=O) groups excluding carboxylic acids is 1. The first kappa shape index (κ1) is 12.6. The summed E-state index contributed by atoms with van der Waals surface area (Å²) in [5.41, 5.74) is 1.20. The van der Waals surface area contributed by atoms with Gasteiger partial charge in [0, 0.05) is 19.6 Å². The highest BCUT2D eigenvalue weighted by Crippen LogP contribution is 2.19. The summed E-state index contributed by atoms with van der Waals surface area (Å²) >= 11 is 1.57. The zero-order valence-electron chi connectivity index (χ0n) is 10.4. The molecule has 94 valence electrons. The lowest BCUT2D eigenvalue weighted by atomic mass is 10.2. The Morgan fingerprint density at radius 3 is 2.71 bits per heavy atom. The SMILES string of the molecule is CNCc1csc(C(=O)N2CCCCCC2)c1. The van der Waals surface area contributed by atoms with Crippen LogP contribution in [0.4, 0.5) is 0 Å². The molecule has 0 aromatic carbocycles. The molecule has 1 saturated heterocycles. The molecule has 1 fully saturated rings. The summed E-state index contributed by atoms with van der Waals surface area (Å²) in [7, 11) is 1.92. The number of nitrogens with zero attached hydrogens (tertiary/aromatic N) is 1. The van der Waals surface area contributed by atoms with Crippen LogP contribution in [0.5, 0.6) is 0 Å². The minimum absolute atomic E-state index is 0.222. The fraction of sp³-hybridized carbons (Fsp3) is 0.615. The molecule has 1 aromatic rings. The van der Waals surface area contributed by atoms with Crippen LogP contribution in [-0.2, 0) is 6.54 Å². The van der Waals surface area contributed by atoms with Crippen molar-refractivity contribution < 1.29 is 4.79 Å². The Hall–Kier alpha value is -0.870. The number of nitrogens with one attached hydrogen (secondary N) is 1. The summed E-state index contributed by atoms with van der Waals surface area (Å²) in [5.74, 6) is 0.222. The summed E-state index contributed by atoms with van der Waals surface area (Å²) in [4.78, 5) is 15.2. The van der Waals surface area contributed by atoms with Gasteiger partial charge < -0.3 is 10.2 Å². The average Bonchev–Trinajstić information content (AvgIpc) is 2.64. The topological polar surface area (TPSA) is 32.3 Å². The minimum atomic E-state index is 0.222. The van der Waals surface area contributed by atoms with E-state index in [1.807, 2.05) is 18.0 Å². The van der Waals surface area contributed by atoms with Gasteiger partial charge in [0.15, 0.2) is 0 Å². The molecule has 1 amide bonds. The third-order valence-corrected chi connectivity index (χ3v) is 4.11. The van der Waals surface area contributed by atoms with Gasteiger partial charge in [-0.1, -0.05) is 12.8 Å². The predicted octanol–water partition coefficient (Wildman–Crippen LogP) is 2.48. The predicted molar refractivity (Wildman–Crippen MR) is 71.5 cm³/mol. The first-order valence-corrected chi connectivity index (χ1v) is 7.20. The van der Waals surface area contributed by atoms with E-state index in [1.165, 1.54) is 18.4 Å². The summed E-state index contributed by atoms with van der Waals surface area (Å²) in [5, 5.41) is 5.18. The van der Waals surface area contributed by atoms with Gasteiger partial charge in [-0.15, -0.1) is 11.3 Å². The van der Waals surface area contributed by atoms with Crippen LogP contribution in [0.3, 0.4) is 0 Å². The number of rotatable bonds is 3. The second-order valence-electron chi connectivity index (χ2n) is 4.56. The lowest BCUT2D eigenvalue weighted by molar-refractivity contribution is 0.0766. The molecule has 1 N–H and O–H groups in total. The Morgan fingerprint density at radius 1 is 1.35 bits per heavy atom. The molecule has 1 aliphatic rings. The van der Waals surface area contributed by atoms with Crippen LogP contribution in [0.2, 0.25) is 0 Å². The molecule has 0 aliphatic carbocycles. The van der Waals surface area contributed by atoms with Crippen LogP contribution >= 0.6 is 11.3 Å². The van der Waals surface area contributed by atoms with Gasteiger partial charge >= 0.3 is 0 Å². The molecule has 1 aromatic heterocycles. The number of likely N-dealkylation sites (tertiary alicyclic amines) is 1. The first-order valence-electron chi connectivity index (χ1n) is 6.32. The molecular weight excluding hydrogens is 232 g/mol. The summed E-state index contributed by atoms with van der Waals surface area (Å²) < 4.78 is 0. The standard InChI is InChI=1S/C13H20N2OS/c1-14-9-11-8-12(17-10-11)13(16)15-6-4-2-3-5-7-15/h8,10,14H,2-7,9H2,1H3. The second-order valence-corrected chi connectivity index (χ2v) is 5.47. The zero-order valence-corrected chi connectivity index (χ0v) is 11.2. The molecule has 0 radical (unpaired) electrons. The quantitative estimate of drug-likeness (QED) is 0.896. The Morgan fingerprint density at radius 2 is 2.06 bits per heavy atom. The number of amides is 1. The molecule has 4 heteroatoms. The smallest absolute Gasteiger partial charge is 0.263 e. The fourth-order valence-corrected chi connectivity index (χ4v) is 3.09. The molecular formula is C13H20N2OS. The molecule has 0 atom stereocenters. The van der Waals surface area contributed by atoms with Gasteiger partial charge in [-0.25, -0.2) is 0 Å². The van der Waals surface area contributed by atoms with Crippen molar-refractivity contribution in [3.63, 3.8) is 0 Å². The Bertz CT molecular complexity index is 367. The summed E-state index contributed by atoms with van der Waals surface area (Å²) in [6.07, 6.45) is 4.83. The van der Waals surface area contributed by atoms with E-state index in [4.69, 9.17) is 0 Å². The molecule has 0 unspecified atom stereocenters. The number of hydrogen-bond acceptors (Lipinski definition) is 3. The van der Waals surface area contributed by atoms with Gasteiger partial charge in [0.05, 0.1) is 4.88 Å². The number of carbonyl (C=O) groups is 1. The van der Waals surface area contributed by atoms with Crippen molar-refractivity contribution in [2.24, 2.45) is 0 Å². The molecule has 17 heavy (non-hydrogen) atoms. The molecule has 2 heterocycles. The van der Waals surface area contributed by atoms with E-state index >= 15 is 0 Å². The van der Waals surface area contributed by atoms with Gasteiger partial charge in [0.2, 0.25) is 0 Å². The highest BCUT2D eigenvalue weighted by molar-refractivity contribution is 7.12. The van der Waals surface area contributed by atoms with Crippen LogP contribution in [-0.4, -0.2) is 30.9 Å². The van der Waals surface area contributed by atoms with E-state index in [-0.39, 0.29) is 5.91 Å². The van der Waals surface area contributed by atoms with Gasteiger partial charge in [0.25, 0.3) is 5.91 Å². The van der Waals surface area contributed by atoms with Gasteiger partial charge in [-0.3, -0.25) is 4.79 Å². The number of hydrogen-bond donors (Lipinski definition) is 1. The maximum absolute atomic E-state index is 12.3. The third-order valence-electron chi connectivity index (χ3n) is 3.14. The van der Waals surface area contributed by atoms with Crippen molar-refractivity contribution in [3.8, 4) is 0 Å². The normalized spacial score (nSPS) is 16.9. The lowest BCUT2D eigenvalue weighted by Gasteiger charge is -2.19. The Labute approximate surface area is 107 Å². The summed E-state index contributed by atoms with van der Waals surface area (Å²) in [6, 6.07) is 2.02. The van der Waals surface area contributed by atoms with Crippen molar-refractivity contribution in [2.75, 3.05) is 20.1 Å². The second kappa shape index (κ2) is 6.17. The van der Waals surface area contributed by atoms with Crippen LogP contribution in [0.25, 0.3) is 0 Å². The largest absolute Gasteiger partial charge is 0.338 e. The maximum Gasteiger partial charge on any atom is 0.263 e.